The molecule has 0 unspecified atom stereocenters. The Hall–Kier alpha value is -1.79. The van der Waals surface area contributed by atoms with Gasteiger partial charge in [0.25, 0.3) is 0 Å². The van der Waals surface area contributed by atoms with E-state index < -0.39 is 11.6 Å². The molecule has 1 aromatic rings. The van der Waals surface area contributed by atoms with Gasteiger partial charge in [-0.2, -0.15) is 0 Å². The Balaban J connectivity index is 1.64. The predicted octanol–water partition coefficient (Wildman–Crippen LogP) is 2.21. The number of nitrogens with one attached hydrogen (secondary N) is 1. The fourth-order valence-electron chi connectivity index (χ4n) is 2.38. The van der Waals surface area contributed by atoms with E-state index in [0.29, 0.717) is 6.54 Å². The Kier molecular flexibility index (Phi) is 7.16. The summed E-state index contributed by atoms with van der Waals surface area (Å²) in [5.74, 6) is -1.71. The highest BCUT2D eigenvalue weighted by molar-refractivity contribution is 5.91. The maximum absolute atomic E-state index is 13.4. The van der Waals surface area contributed by atoms with Gasteiger partial charge in [-0.05, 0) is 37.6 Å². The zero-order chi connectivity index (χ0) is 16.5. The first-order valence-electron chi connectivity index (χ1n) is 7.87. The van der Waals surface area contributed by atoms with E-state index in [-0.39, 0.29) is 11.5 Å². The van der Waals surface area contributed by atoms with Gasteiger partial charge in [-0.25, -0.2) is 8.78 Å². The molecule has 1 aromatic carbocycles. The molecule has 126 valence electrons. The van der Waals surface area contributed by atoms with Crippen LogP contribution >= 0.6 is 0 Å². The number of hydrogen-bond acceptors (Lipinski definition) is 3. The second kappa shape index (κ2) is 9.37. The van der Waals surface area contributed by atoms with Crippen molar-refractivity contribution in [3.63, 3.8) is 0 Å². The lowest BCUT2D eigenvalue weighted by atomic mass is 10.2. The summed E-state index contributed by atoms with van der Waals surface area (Å²) in [4.78, 5) is 14.0. The Morgan fingerprint density at radius 3 is 2.61 bits per heavy atom. The van der Waals surface area contributed by atoms with Crippen LogP contribution in [0, 0.1) is 11.6 Å². The molecule has 4 nitrogen and oxygen atoms in total. The Labute approximate surface area is 135 Å². The molecule has 0 spiro atoms. The van der Waals surface area contributed by atoms with Crippen molar-refractivity contribution in [1.29, 1.82) is 0 Å². The molecule has 0 aliphatic carbocycles. The average Bonchev–Trinajstić information content (AvgIpc) is 2.55. The van der Waals surface area contributed by atoms with Crippen molar-refractivity contribution in [2.24, 2.45) is 0 Å². The molecular formula is C17H22F2N2O2. The van der Waals surface area contributed by atoms with E-state index >= 15 is 0 Å². The molecule has 1 N–H and O–H groups in total. The molecule has 1 aliphatic rings. The van der Waals surface area contributed by atoms with Crippen molar-refractivity contribution in [2.45, 2.75) is 12.8 Å². The number of hydrogen-bond donors (Lipinski definition) is 1. The molecule has 0 saturated carbocycles. The van der Waals surface area contributed by atoms with Gasteiger partial charge in [-0.1, -0.05) is 6.07 Å². The quantitative estimate of drug-likeness (QED) is 0.618. The SMILES string of the molecule is O=C(/C=C\c1c(F)cccc1F)NCCCCN1CCOCC1. The number of carbonyl (C=O) groups is 1. The Morgan fingerprint density at radius 1 is 1.22 bits per heavy atom. The molecule has 6 heteroatoms. The smallest absolute Gasteiger partial charge is 0.244 e. The van der Waals surface area contributed by atoms with Gasteiger partial charge in [-0.3, -0.25) is 9.69 Å². The molecule has 23 heavy (non-hydrogen) atoms. The minimum absolute atomic E-state index is 0.199. The highest BCUT2D eigenvalue weighted by Gasteiger charge is 2.09. The van der Waals surface area contributed by atoms with E-state index in [4.69, 9.17) is 4.74 Å². The second-order valence-electron chi connectivity index (χ2n) is 5.42. The summed E-state index contributed by atoms with van der Waals surface area (Å²) in [5, 5.41) is 2.72. The van der Waals surface area contributed by atoms with Crippen molar-refractivity contribution < 1.29 is 18.3 Å². The van der Waals surface area contributed by atoms with Gasteiger partial charge < -0.3 is 10.1 Å². The van der Waals surface area contributed by atoms with E-state index in [1.165, 1.54) is 6.07 Å². The van der Waals surface area contributed by atoms with Crippen LogP contribution in [0.4, 0.5) is 8.78 Å². The van der Waals surface area contributed by atoms with Crippen molar-refractivity contribution in [3.05, 3.63) is 41.5 Å². The van der Waals surface area contributed by atoms with Crippen molar-refractivity contribution in [2.75, 3.05) is 39.4 Å². The molecule has 1 fully saturated rings. The van der Waals surface area contributed by atoms with E-state index in [1.807, 2.05) is 0 Å². The number of nitrogens with zero attached hydrogens (tertiary/aromatic N) is 1. The molecule has 0 aromatic heterocycles. The molecule has 0 radical (unpaired) electrons. The normalized spacial score (nSPS) is 15.9. The van der Waals surface area contributed by atoms with Crippen LogP contribution < -0.4 is 5.32 Å². The number of benzene rings is 1. The summed E-state index contributed by atoms with van der Waals surface area (Å²) in [6.07, 6.45) is 4.17. The standard InChI is InChI=1S/C17H22F2N2O2/c18-15-4-3-5-16(19)14(15)6-7-17(22)20-8-1-2-9-21-10-12-23-13-11-21/h3-7H,1-2,8-13H2,(H,20,22)/b7-6-. The summed E-state index contributed by atoms with van der Waals surface area (Å²) in [7, 11) is 0. The minimum Gasteiger partial charge on any atom is -0.379 e. The maximum atomic E-state index is 13.4. The van der Waals surface area contributed by atoms with E-state index in [9.17, 15) is 13.6 Å². The first kappa shape index (κ1) is 17.6. The molecule has 1 amide bonds. The number of amides is 1. The summed E-state index contributed by atoms with van der Waals surface area (Å²) in [6.45, 7) is 5.04. The van der Waals surface area contributed by atoms with Gasteiger partial charge in [0.15, 0.2) is 0 Å². The average molecular weight is 324 g/mol. The Bertz CT molecular complexity index is 523. The summed E-state index contributed by atoms with van der Waals surface area (Å²) in [6, 6.07) is 3.61. The fraction of sp³-hybridized carbons (Fsp3) is 0.471. The molecule has 1 saturated heterocycles. The van der Waals surface area contributed by atoms with Gasteiger partial charge in [-0.15, -0.1) is 0 Å². The highest BCUT2D eigenvalue weighted by atomic mass is 19.1. The fourth-order valence-corrected chi connectivity index (χ4v) is 2.38. The zero-order valence-electron chi connectivity index (χ0n) is 13.1. The highest BCUT2D eigenvalue weighted by Crippen LogP contribution is 2.13. The number of halogens is 2. The third kappa shape index (κ3) is 6.08. The van der Waals surface area contributed by atoms with E-state index in [1.54, 1.807) is 0 Å². The van der Waals surface area contributed by atoms with Crippen LogP contribution in [-0.2, 0) is 9.53 Å². The maximum Gasteiger partial charge on any atom is 0.244 e. The van der Waals surface area contributed by atoms with Crippen LogP contribution in [0.1, 0.15) is 18.4 Å². The van der Waals surface area contributed by atoms with E-state index in [2.05, 4.69) is 10.2 Å². The first-order chi connectivity index (χ1) is 11.2. The lowest BCUT2D eigenvalue weighted by Crippen LogP contribution is -2.37. The van der Waals surface area contributed by atoms with Crippen LogP contribution in [-0.4, -0.2) is 50.2 Å². The molecule has 0 bridgehead atoms. The predicted molar refractivity (Wildman–Crippen MR) is 84.9 cm³/mol. The number of carbonyl (C=O) groups excluding carboxylic acids is 1. The van der Waals surface area contributed by atoms with Gasteiger partial charge >= 0.3 is 0 Å². The number of ether oxygens (including phenoxy) is 1. The molecule has 1 heterocycles. The molecule has 1 aliphatic heterocycles. The summed E-state index contributed by atoms with van der Waals surface area (Å²) >= 11 is 0. The zero-order valence-corrected chi connectivity index (χ0v) is 13.1. The molecule has 0 atom stereocenters. The number of morpholine rings is 1. The lowest BCUT2D eigenvalue weighted by molar-refractivity contribution is -0.116. The van der Waals surface area contributed by atoms with Gasteiger partial charge in [0.05, 0.1) is 13.2 Å². The monoisotopic (exact) mass is 324 g/mol. The van der Waals surface area contributed by atoms with Gasteiger partial charge in [0.2, 0.25) is 5.91 Å². The van der Waals surface area contributed by atoms with Crippen molar-refractivity contribution >= 4 is 12.0 Å². The third-order valence-corrected chi connectivity index (χ3v) is 3.71. The number of unbranched alkanes of at least 4 members (excludes halogenated alkanes) is 1. The number of rotatable bonds is 7. The first-order valence-corrected chi connectivity index (χ1v) is 7.87. The minimum atomic E-state index is -0.681. The molecular weight excluding hydrogens is 302 g/mol. The van der Waals surface area contributed by atoms with Crippen LogP contribution in [0.2, 0.25) is 0 Å². The van der Waals surface area contributed by atoms with Crippen LogP contribution in [0.5, 0.6) is 0 Å². The molecule has 2 rings (SSSR count). The van der Waals surface area contributed by atoms with Crippen LogP contribution in [0.3, 0.4) is 0 Å². The van der Waals surface area contributed by atoms with Gasteiger partial charge in [0.1, 0.15) is 11.6 Å². The van der Waals surface area contributed by atoms with Crippen LogP contribution in [0.25, 0.3) is 6.08 Å². The van der Waals surface area contributed by atoms with E-state index in [0.717, 1.165) is 70.0 Å². The van der Waals surface area contributed by atoms with Gasteiger partial charge in [0, 0.05) is 31.3 Å². The van der Waals surface area contributed by atoms with Crippen LogP contribution in [0.15, 0.2) is 24.3 Å². The Morgan fingerprint density at radius 2 is 1.91 bits per heavy atom. The summed E-state index contributed by atoms with van der Waals surface area (Å²) in [5.41, 5.74) is -0.199. The topological polar surface area (TPSA) is 41.6 Å². The second-order valence-corrected chi connectivity index (χ2v) is 5.42. The summed E-state index contributed by atoms with van der Waals surface area (Å²) < 4.78 is 32.1. The largest absolute Gasteiger partial charge is 0.379 e. The lowest BCUT2D eigenvalue weighted by Gasteiger charge is -2.26. The third-order valence-electron chi connectivity index (χ3n) is 3.71. The van der Waals surface area contributed by atoms with Crippen molar-refractivity contribution in [3.8, 4) is 0 Å². The van der Waals surface area contributed by atoms with Crippen molar-refractivity contribution in [1.82, 2.24) is 10.2 Å².